The fourth-order valence-corrected chi connectivity index (χ4v) is 1.26. The van der Waals surface area contributed by atoms with Gasteiger partial charge in [-0.05, 0) is 12.1 Å². The van der Waals surface area contributed by atoms with Gasteiger partial charge in [0.1, 0.15) is 19.3 Å². The van der Waals surface area contributed by atoms with E-state index in [0.717, 1.165) is 0 Å². The molecule has 0 spiro atoms. The van der Waals surface area contributed by atoms with Gasteiger partial charge in [-0.15, -0.1) is 0 Å². The molecule has 0 aromatic heterocycles. The minimum absolute atomic E-state index is 0.0427. The normalized spacial score (nSPS) is 9.39. The second-order valence-corrected chi connectivity index (χ2v) is 3.25. The molecule has 0 unspecified atom stereocenters. The zero-order valence-electron chi connectivity index (χ0n) is 9.30. The lowest BCUT2D eigenvalue weighted by Gasteiger charge is -2.10. The minimum Gasteiger partial charge on any atom is -0.387 e. The van der Waals surface area contributed by atoms with Crippen molar-refractivity contribution in [3.63, 3.8) is 0 Å². The van der Waals surface area contributed by atoms with Gasteiger partial charge >= 0.3 is 0 Å². The molecule has 0 bridgehead atoms. The van der Waals surface area contributed by atoms with Gasteiger partial charge < -0.3 is 20.8 Å². The minimum atomic E-state index is -0.710. The van der Waals surface area contributed by atoms with Crippen LogP contribution in [0.5, 0.6) is 0 Å². The summed E-state index contributed by atoms with van der Waals surface area (Å²) in [5.74, 6) is -1.34. The number of nitrogens with zero attached hydrogens (tertiary/aromatic N) is 1. The van der Waals surface area contributed by atoms with Gasteiger partial charge in [-0.2, -0.15) is 5.26 Å². The summed E-state index contributed by atoms with van der Waals surface area (Å²) in [5, 5.41) is 30.9. The molecular weight excluding hydrogens is 238 g/mol. The van der Waals surface area contributed by atoms with E-state index < -0.39 is 25.0 Å². The number of nitriles is 1. The molecular formula is C11H11N3O4. The zero-order chi connectivity index (χ0) is 13.5. The Bertz CT molecular complexity index is 471. The maximum Gasteiger partial charge on any atom is 0.250 e. The van der Waals surface area contributed by atoms with Crippen molar-refractivity contribution in [1.29, 1.82) is 5.26 Å². The summed E-state index contributed by atoms with van der Waals surface area (Å²) in [7, 11) is 0. The number of rotatable bonds is 4. The Labute approximate surface area is 103 Å². The summed E-state index contributed by atoms with van der Waals surface area (Å²) in [6.07, 6.45) is 0. The standard InChI is InChI=1S/C11H11N3O4/c12-4-7-8(13-10(17)5-15)2-1-3-9(7)14-11(18)6-16/h1-3,15-16H,5-6H2,(H,13,17)(H,14,18). The molecule has 1 aromatic carbocycles. The van der Waals surface area contributed by atoms with Crippen molar-refractivity contribution in [2.24, 2.45) is 0 Å². The van der Waals surface area contributed by atoms with E-state index in [1.807, 2.05) is 6.07 Å². The fraction of sp³-hybridized carbons (Fsp3) is 0.182. The second-order valence-electron chi connectivity index (χ2n) is 3.25. The van der Waals surface area contributed by atoms with Gasteiger partial charge in [0, 0.05) is 0 Å². The monoisotopic (exact) mass is 249 g/mol. The Balaban J connectivity index is 3.07. The van der Waals surface area contributed by atoms with E-state index in [2.05, 4.69) is 10.6 Å². The van der Waals surface area contributed by atoms with Crippen LogP contribution in [0.1, 0.15) is 5.56 Å². The fourth-order valence-electron chi connectivity index (χ4n) is 1.26. The molecule has 1 rings (SSSR count). The van der Waals surface area contributed by atoms with Crippen LogP contribution in [0, 0.1) is 11.3 Å². The average molecular weight is 249 g/mol. The van der Waals surface area contributed by atoms with Crippen LogP contribution in [0.25, 0.3) is 0 Å². The summed E-state index contributed by atoms with van der Waals surface area (Å²) in [6, 6.07) is 6.26. The van der Waals surface area contributed by atoms with E-state index in [1.165, 1.54) is 18.2 Å². The first kappa shape index (κ1) is 13.6. The quantitative estimate of drug-likeness (QED) is 0.568. The van der Waals surface area contributed by atoms with Crippen LogP contribution >= 0.6 is 0 Å². The first-order valence-electron chi connectivity index (χ1n) is 4.97. The lowest BCUT2D eigenvalue weighted by Crippen LogP contribution is -2.19. The molecule has 94 valence electrons. The van der Waals surface area contributed by atoms with Crippen molar-refractivity contribution in [2.45, 2.75) is 0 Å². The van der Waals surface area contributed by atoms with Crippen molar-refractivity contribution >= 4 is 23.2 Å². The van der Waals surface area contributed by atoms with Gasteiger partial charge in [-0.1, -0.05) is 6.07 Å². The van der Waals surface area contributed by atoms with Gasteiger partial charge in [-0.3, -0.25) is 9.59 Å². The van der Waals surface area contributed by atoms with E-state index in [1.54, 1.807) is 0 Å². The molecule has 0 aliphatic rings. The average Bonchev–Trinajstić information content (AvgIpc) is 2.38. The van der Waals surface area contributed by atoms with Crippen LogP contribution in [0.4, 0.5) is 11.4 Å². The maximum absolute atomic E-state index is 11.0. The van der Waals surface area contributed by atoms with Crippen molar-refractivity contribution in [2.75, 3.05) is 23.8 Å². The first-order valence-corrected chi connectivity index (χ1v) is 4.97. The number of nitrogens with one attached hydrogen (secondary N) is 2. The molecule has 0 aliphatic carbocycles. The van der Waals surface area contributed by atoms with E-state index in [0.29, 0.717) is 0 Å². The van der Waals surface area contributed by atoms with Crippen LogP contribution in [0.3, 0.4) is 0 Å². The van der Waals surface area contributed by atoms with Gasteiger partial charge in [0.15, 0.2) is 0 Å². The molecule has 4 N–H and O–H groups in total. The molecule has 0 saturated heterocycles. The lowest BCUT2D eigenvalue weighted by atomic mass is 10.1. The highest BCUT2D eigenvalue weighted by Gasteiger charge is 2.11. The van der Waals surface area contributed by atoms with Crippen LogP contribution in [-0.2, 0) is 9.59 Å². The van der Waals surface area contributed by atoms with Crippen LogP contribution < -0.4 is 10.6 Å². The Morgan fingerprint density at radius 1 is 1.11 bits per heavy atom. The third-order valence-corrected chi connectivity index (χ3v) is 2.01. The van der Waals surface area contributed by atoms with E-state index in [-0.39, 0.29) is 16.9 Å². The SMILES string of the molecule is N#Cc1c(NC(=O)CO)cccc1NC(=O)CO. The predicted molar refractivity (Wildman–Crippen MR) is 62.6 cm³/mol. The molecule has 0 fully saturated rings. The van der Waals surface area contributed by atoms with Crippen molar-refractivity contribution in [3.8, 4) is 6.07 Å². The van der Waals surface area contributed by atoms with E-state index in [9.17, 15) is 9.59 Å². The molecule has 18 heavy (non-hydrogen) atoms. The molecule has 0 saturated carbocycles. The summed E-state index contributed by atoms with van der Waals surface area (Å²) < 4.78 is 0. The van der Waals surface area contributed by atoms with Crippen molar-refractivity contribution < 1.29 is 19.8 Å². The molecule has 1 aromatic rings. The molecule has 0 atom stereocenters. The number of aliphatic hydroxyl groups excluding tert-OH is 2. The van der Waals surface area contributed by atoms with Crippen molar-refractivity contribution in [3.05, 3.63) is 23.8 Å². The smallest absolute Gasteiger partial charge is 0.250 e. The van der Waals surface area contributed by atoms with Crippen LogP contribution in [0.15, 0.2) is 18.2 Å². The summed E-state index contributed by atoms with van der Waals surface area (Å²) in [5.41, 5.74) is 0.390. The molecule has 7 nitrogen and oxygen atoms in total. The number of carbonyl (C=O) groups excluding carboxylic acids is 2. The summed E-state index contributed by atoms with van der Waals surface area (Å²) in [6.45, 7) is -1.42. The first-order chi connectivity index (χ1) is 8.62. The number of amides is 2. The molecule has 7 heteroatoms. The highest BCUT2D eigenvalue weighted by Crippen LogP contribution is 2.23. The predicted octanol–water partition coefficient (Wildman–Crippen LogP) is -0.580. The van der Waals surface area contributed by atoms with E-state index >= 15 is 0 Å². The number of benzene rings is 1. The van der Waals surface area contributed by atoms with E-state index in [4.69, 9.17) is 15.5 Å². The number of hydrogen-bond donors (Lipinski definition) is 4. The third-order valence-electron chi connectivity index (χ3n) is 2.01. The number of anilines is 2. The maximum atomic E-state index is 11.0. The van der Waals surface area contributed by atoms with Gasteiger partial charge in [0.05, 0.1) is 16.9 Å². The van der Waals surface area contributed by atoms with Gasteiger partial charge in [0.2, 0.25) is 11.8 Å². The Morgan fingerprint density at radius 3 is 1.89 bits per heavy atom. The van der Waals surface area contributed by atoms with Gasteiger partial charge in [-0.25, -0.2) is 0 Å². The summed E-state index contributed by atoms with van der Waals surface area (Å²) >= 11 is 0. The topological polar surface area (TPSA) is 122 Å². The summed E-state index contributed by atoms with van der Waals surface area (Å²) in [4.78, 5) is 22.1. The highest BCUT2D eigenvalue weighted by atomic mass is 16.3. The largest absolute Gasteiger partial charge is 0.387 e. The molecule has 0 aliphatic heterocycles. The molecule has 0 radical (unpaired) electrons. The Hall–Kier alpha value is -2.43. The lowest BCUT2D eigenvalue weighted by molar-refractivity contribution is -0.119. The van der Waals surface area contributed by atoms with Crippen molar-refractivity contribution in [1.82, 2.24) is 0 Å². The Morgan fingerprint density at radius 2 is 1.56 bits per heavy atom. The zero-order valence-corrected chi connectivity index (χ0v) is 9.30. The number of carbonyl (C=O) groups is 2. The number of hydrogen-bond acceptors (Lipinski definition) is 5. The van der Waals surface area contributed by atoms with Gasteiger partial charge in [0.25, 0.3) is 0 Å². The molecule has 0 heterocycles. The van der Waals surface area contributed by atoms with Crippen LogP contribution in [0.2, 0.25) is 0 Å². The Kier molecular flexibility index (Phi) is 4.80. The third kappa shape index (κ3) is 3.28. The number of aliphatic hydroxyl groups is 2. The molecule has 2 amide bonds. The highest BCUT2D eigenvalue weighted by molar-refractivity contribution is 5.97. The van der Waals surface area contributed by atoms with Crippen LogP contribution in [-0.4, -0.2) is 35.2 Å². The second kappa shape index (κ2) is 6.34.